The van der Waals surface area contributed by atoms with Crippen LogP contribution in [-0.2, 0) is 6.42 Å². The van der Waals surface area contributed by atoms with Crippen molar-refractivity contribution in [1.29, 1.82) is 0 Å². The summed E-state index contributed by atoms with van der Waals surface area (Å²) in [6.07, 6.45) is 3.95. The van der Waals surface area contributed by atoms with Gasteiger partial charge in [0.25, 0.3) is 0 Å². The molecular weight excluding hydrogens is 246 g/mol. The minimum absolute atomic E-state index is 0.0346. The van der Waals surface area contributed by atoms with Gasteiger partial charge < -0.3 is 10.6 Å². The monoisotopic (exact) mass is 267 g/mol. The molecule has 3 rings (SSSR count). The van der Waals surface area contributed by atoms with E-state index in [1.807, 2.05) is 6.20 Å². The Morgan fingerprint density at radius 2 is 2.10 bits per heavy atom. The Morgan fingerprint density at radius 1 is 1.30 bits per heavy atom. The third-order valence-electron chi connectivity index (χ3n) is 4.08. The number of pyridine rings is 1. The fourth-order valence-corrected chi connectivity index (χ4v) is 2.93. The summed E-state index contributed by atoms with van der Waals surface area (Å²) in [5.41, 5.74) is 10.9. The number of para-hydroxylation sites is 1. The number of fused-ring (bicyclic) bond motifs is 1. The van der Waals surface area contributed by atoms with Gasteiger partial charge in [0.05, 0.1) is 17.6 Å². The molecular formula is C17H21N3. The summed E-state index contributed by atoms with van der Waals surface area (Å²) in [6.45, 7) is 4.34. The van der Waals surface area contributed by atoms with Crippen LogP contribution in [0.2, 0.25) is 0 Å². The van der Waals surface area contributed by atoms with Gasteiger partial charge in [0.15, 0.2) is 0 Å². The zero-order valence-corrected chi connectivity index (χ0v) is 12.1. The van der Waals surface area contributed by atoms with Gasteiger partial charge in [-0.05, 0) is 43.5 Å². The van der Waals surface area contributed by atoms with Gasteiger partial charge in [-0.15, -0.1) is 0 Å². The van der Waals surface area contributed by atoms with Gasteiger partial charge in [-0.25, -0.2) is 0 Å². The van der Waals surface area contributed by atoms with Crippen LogP contribution in [0, 0.1) is 0 Å². The van der Waals surface area contributed by atoms with E-state index in [4.69, 9.17) is 5.73 Å². The van der Waals surface area contributed by atoms with Crippen molar-refractivity contribution >= 4 is 11.4 Å². The quantitative estimate of drug-likeness (QED) is 0.924. The molecule has 1 aromatic heterocycles. The molecule has 2 aromatic rings. The predicted molar refractivity (Wildman–Crippen MR) is 83.2 cm³/mol. The first-order chi connectivity index (χ1) is 9.70. The summed E-state index contributed by atoms with van der Waals surface area (Å²) in [5, 5.41) is 0. The molecule has 0 spiro atoms. The average Bonchev–Trinajstić information content (AvgIpc) is 2.82. The SMILES string of the molecule is CC[C@H](N)c1ccc(N2c3ccccc3CC2C)cn1. The zero-order valence-electron chi connectivity index (χ0n) is 12.1. The van der Waals surface area contributed by atoms with Crippen LogP contribution < -0.4 is 10.6 Å². The van der Waals surface area contributed by atoms with Crippen molar-refractivity contribution in [2.24, 2.45) is 5.73 Å². The van der Waals surface area contributed by atoms with E-state index in [0.717, 1.165) is 24.2 Å². The highest BCUT2D eigenvalue weighted by Gasteiger charge is 2.26. The van der Waals surface area contributed by atoms with E-state index in [-0.39, 0.29) is 6.04 Å². The van der Waals surface area contributed by atoms with E-state index in [1.165, 1.54) is 11.3 Å². The minimum Gasteiger partial charge on any atom is -0.337 e. The summed E-state index contributed by atoms with van der Waals surface area (Å²) in [7, 11) is 0. The summed E-state index contributed by atoms with van der Waals surface area (Å²) in [5.74, 6) is 0. The molecule has 0 radical (unpaired) electrons. The smallest absolute Gasteiger partial charge is 0.0600 e. The highest BCUT2D eigenvalue weighted by Crippen LogP contribution is 2.37. The number of nitrogens with two attached hydrogens (primary N) is 1. The molecule has 0 saturated heterocycles. The van der Waals surface area contributed by atoms with Gasteiger partial charge in [0.1, 0.15) is 0 Å². The molecule has 0 fully saturated rings. The zero-order chi connectivity index (χ0) is 14.1. The van der Waals surface area contributed by atoms with Crippen LogP contribution in [0.5, 0.6) is 0 Å². The lowest BCUT2D eigenvalue weighted by molar-refractivity contribution is 0.674. The van der Waals surface area contributed by atoms with Crippen molar-refractivity contribution < 1.29 is 0 Å². The van der Waals surface area contributed by atoms with Crippen molar-refractivity contribution in [1.82, 2.24) is 4.98 Å². The maximum absolute atomic E-state index is 6.03. The molecule has 0 bridgehead atoms. The second-order valence-electron chi connectivity index (χ2n) is 5.51. The van der Waals surface area contributed by atoms with Crippen molar-refractivity contribution in [2.45, 2.75) is 38.8 Å². The maximum Gasteiger partial charge on any atom is 0.0600 e. The van der Waals surface area contributed by atoms with Crippen molar-refractivity contribution in [2.75, 3.05) is 4.90 Å². The fourth-order valence-electron chi connectivity index (χ4n) is 2.93. The lowest BCUT2D eigenvalue weighted by Gasteiger charge is -2.25. The van der Waals surface area contributed by atoms with Crippen molar-refractivity contribution in [3.63, 3.8) is 0 Å². The van der Waals surface area contributed by atoms with Crippen LogP contribution in [0.3, 0.4) is 0 Å². The Kier molecular flexibility index (Phi) is 3.45. The lowest BCUT2D eigenvalue weighted by atomic mass is 10.1. The number of anilines is 2. The second-order valence-corrected chi connectivity index (χ2v) is 5.51. The third kappa shape index (κ3) is 2.18. The maximum atomic E-state index is 6.03. The van der Waals surface area contributed by atoms with Gasteiger partial charge in [0, 0.05) is 17.8 Å². The van der Waals surface area contributed by atoms with Gasteiger partial charge in [-0.2, -0.15) is 0 Å². The number of aromatic nitrogens is 1. The van der Waals surface area contributed by atoms with Gasteiger partial charge >= 0.3 is 0 Å². The lowest BCUT2D eigenvalue weighted by Crippen LogP contribution is -2.24. The number of hydrogen-bond donors (Lipinski definition) is 1. The van der Waals surface area contributed by atoms with Crippen LogP contribution in [0.15, 0.2) is 42.6 Å². The first-order valence-corrected chi connectivity index (χ1v) is 7.29. The Bertz CT molecular complexity index is 591. The van der Waals surface area contributed by atoms with Crippen LogP contribution in [0.1, 0.15) is 37.6 Å². The topological polar surface area (TPSA) is 42.1 Å². The van der Waals surface area contributed by atoms with Gasteiger partial charge in [-0.3, -0.25) is 4.98 Å². The molecule has 0 aliphatic carbocycles. The van der Waals surface area contributed by atoms with E-state index < -0.39 is 0 Å². The molecule has 104 valence electrons. The molecule has 1 aliphatic rings. The first kappa shape index (κ1) is 13.1. The summed E-state index contributed by atoms with van der Waals surface area (Å²) >= 11 is 0. The minimum atomic E-state index is 0.0346. The number of rotatable bonds is 3. The Balaban J connectivity index is 1.93. The van der Waals surface area contributed by atoms with Crippen molar-refractivity contribution in [3.05, 3.63) is 53.9 Å². The van der Waals surface area contributed by atoms with Crippen LogP contribution in [0.4, 0.5) is 11.4 Å². The first-order valence-electron chi connectivity index (χ1n) is 7.29. The van der Waals surface area contributed by atoms with Crippen LogP contribution in [0.25, 0.3) is 0 Å². The Morgan fingerprint density at radius 3 is 2.80 bits per heavy atom. The van der Waals surface area contributed by atoms with Gasteiger partial charge in [-0.1, -0.05) is 25.1 Å². The molecule has 1 unspecified atom stereocenters. The summed E-state index contributed by atoms with van der Waals surface area (Å²) < 4.78 is 0. The fraction of sp³-hybridized carbons (Fsp3) is 0.353. The number of benzene rings is 1. The molecule has 2 N–H and O–H groups in total. The molecule has 0 saturated carbocycles. The molecule has 20 heavy (non-hydrogen) atoms. The van der Waals surface area contributed by atoms with E-state index in [1.54, 1.807) is 0 Å². The molecule has 0 amide bonds. The normalized spacial score (nSPS) is 18.9. The van der Waals surface area contributed by atoms with E-state index in [2.05, 4.69) is 60.1 Å². The Hall–Kier alpha value is -1.87. The molecule has 2 heterocycles. The number of hydrogen-bond acceptors (Lipinski definition) is 3. The number of nitrogens with zero attached hydrogens (tertiary/aromatic N) is 2. The van der Waals surface area contributed by atoms with Crippen LogP contribution >= 0.6 is 0 Å². The largest absolute Gasteiger partial charge is 0.337 e. The molecule has 3 heteroatoms. The summed E-state index contributed by atoms with van der Waals surface area (Å²) in [4.78, 5) is 6.90. The van der Waals surface area contributed by atoms with Crippen LogP contribution in [-0.4, -0.2) is 11.0 Å². The highest BCUT2D eigenvalue weighted by molar-refractivity contribution is 5.70. The summed E-state index contributed by atoms with van der Waals surface area (Å²) in [6, 6.07) is 13.3. The van der Waals surface area contributed by atoms with E-state index in [0.29, 0.717) is 6.04 Å². The van der Waals surface area contributed by atoms with Gasteiger partial charge in [0.2, 0.25) is 0 Å². The molecule has 1 aromatic carbocycles. The standard InChI is InChI=1S/C17H21N3/c1-3-15(18)16-9-8-14(11-19-16)20-12(2)10-13-6-4-5-7-17(13)20/h4-9,11-12,15H,3,10,18H2,1-2H3/t12?,15-/m0/s1. The molecule has 2 atom stereocenters. The van der Waals surface area contributed by atoms with Crippen molar-refractivity contribution in [3.8, 4) is 0 Å². The average molecular weight is 267 g/mol. The Labute approximate surface area is 120 Å². The highest BCUT2D eigenvalue weighted by atomic mass is 15.2. The second kappa shape index (κ2) is 5.25. The molecule has 1 aliphatic heterocycles. The third-order valence-corrected chi connectivity index (χ3v) is 4.08. The van der Waals surface area contributed by atoms with E-state index in [9.17, 15) is 0 Å². The molecule has 3 nitrogen and oxygen atoms in total. The predicted octanol–water partition coefficient (Wildman–Crippen LogP) is 3.57. The van der Waals surface area contributed by atoms with E-state index >= 15 is 0 Å².